The molecule has 1 saturated heterocycles. The Kier molecular flexibility index (Phi) is 9.88. The summed E-state index contributed by atoms with van der Waals surface area (Å²) in [5.41, 5.74) is 4.21. The van der Waals surface area contributed by atoms with Gasteiger partial charge in [-0.1, -0.05) is 31.7 Å². The van der Waals surface area contributed by atoms with Crippen LogP contribution in [-0.4, -0.2) is 62.4 Å². The molecule has 44 heavy (non-hydrogen) atoms. The van der Waals surface area contributed by atoms with Crippen molar-refractivity contribution in [3.05, 3.63) is 53.5 Å². The summed E-state index contributed by atoms with van der Waals surface area (Å²) in [7, 11) is 2.16. The van der Waals surface area contributed by atoms with Crippen LogP contribution in [0.1, 0.15) is 99.9 Å². The van der Waals surface area contributed by atoms with Crippen LogP contribution in [0.3, 0.4) is 0 Å². The number of carbonyl (C=O) groups is 2. The molecule has 0 aliphatic carbocycles. The summed E-state index contributed by atoms with van der Waals surface area (Å²) in [5, 5.41) is 12.7. The fourth-order valence-electron chi connectivity index (χ4n) is 6.01. The summed E-state index contributed by atoms with van der Waals surface area (Å²) in [6.07, 6.45) is 10.3. The molecule has 1 fully saturated rings. The summed E-state index contributed by atoms with van der Waals surface area (Å²) in [6, 6.07) is 10.2. The van der Waals surface area contributed by atoms with Gasteiger partial charge in [0.1, 0.15) is 11.4 Å². The van der Waals surface area contributed by atoms with Gasteiger partial charge in [0.15, 0.2) is 0 Å². The zero-order valence-electron chi connectivity index (χ0n) is 26.8. The average molecular weight is 602 g/mol. The van der Waals surface area contributed by atoms with Crippen molar-refractivity contribution in [2.24, 2.45) is 0 Å². The smallest absolute Gasteiger partial charge is 0.407 e. The number of nitrogens with zero attached hydrogens (tertiary/aromatic N) is 4. The molecule has 1 aliphatic heterocycles. The molecule has 0 unspecified atom stereocenters. The van der Waals surface area contributed by atoms with Gasteiger partial charge in [0, 0.05) is 59.1 Å². The highest BCUT2D eigenvalue weighted by Crippen LogP contribution is 2.32. The van der Waals surface area contributed by atoms with Gasteiger partial charge in [0.2, 0.25) is 0 Å². The molecule has 3 N–H and O–H groups in total. The number of hydrogen-bond donors (Lipinski definition) is 3. The van der Waals surface area contributed by atoms with Crippen molar-refractivity contribution in [1.82, 2.24) is 30.0 Å². The number of carbonyl (C=O) groups excluding carboxylic acids is 2. The van der Waals surface area contributed by atoms with Crippen LogP contribution in [0.25, 0.3) is 21.8 Å². The number of alkyl carbamates (subject to hydrolysis) is 1. The standard InChI is InChI=1S/C34H47N7O3/c1-23-26-15-14-24(32(42)38-31-21-27-25(22-36-31)20-29(37-27)30-13-12-17-40(30)5)19-28(26)39-41(23)18-11-9-7-6-8-10-16-35-33(43)44-34(2,3)4/h14-15,19-22,30,37H,6-13,16-18H2,1-5H3,(H,35,43)(H,36,38,42)/t30-/m1/s1. The Labute approximate surface area is 259 Å². The highest BCUT2D eigenvalue weighted by atomic mass is 16.6. The number of nitrogens with one attached hydrogen (secondary N) is 3. The van der Waals surface area contributed by atoms with Gasteiger partial charge in [-0.25, -0.2) is 9.78 Å². The number of likely N-dealkylation sites (tertiary alicyclic amines) is 1. The highest BCUT2D eigenvalue weighted by Gasteiger charge is 2.24. The lowest BCUT2D eigenvalue weighted by Gasteiger charge is -2.19. The van der Waals surface area contributed by atoms with Gasteiger partial charge in [-0.05, 0) is 85.2 Å². The Morgan fingerprint density at radius 1 is 1.07 bits per heavy atom. The van der Waals surface area contributed by atoms with Crippen LogP contribution >= 0.6 is 0 Å². The first-order valence-electron chi connectivity index (χ1n) is 16.0. The van der Waals surface area contributed by atoms with Crippen LogP contribution in [-0.2, 0) is 11.3 Å². The Hall–Kier alpha value is -3.92. The van der Waals surface area contributed by atoms with Crippen molar-refractivity contribution >= 4 is 39.6 Å². The van der Waals surface area contributed by atoms with E-state index in [2.05, 4.69) is 50.2 Å². The number of aromatic amines is 1. The molecule has 10 heteroatoms. The third kappa shape index (κ3) is 7.96. The van der Waals surface area contributed by atoms with Crippen molar-refractivity contribution in [3.63, 3.8) is 0 Å². The average Bonchev–Trinajstić information content (AvgIpc) is 3.67. The van der Waals surface area contributed by atoms with E-state index in [4.69, 9.17) is 9.84 Å². The van der Waals surface area contributed by atoms with Gasteiger partial charge in [-0.3, -0.25) is 14.4 Å². The van der Waals surface area contributed by atoms with Gasteiger partial charge in [-0.2, -0.15) is 5.10 Å². The molecule has 2 amide bonds. The number of ether oxygens (including phenoxy) is 1. The van der Waals surface area contributed by atoms with Crippen molar-refractivity contribution in [2.45, 2.75) is 97.2 Å². The number of aryl methyl sites for hydroxylation is 2. The largest absolute Gasteiger partial charge is 0.444 e. The second-order valence-electron chi connectivity index (χ2n) is 13.1. The lowest BCUT2D eigenvalue weighted by Crippen LogP contribution is -2.32. The maximum absolute atomic E-state index is 13.1. The topological polar surface area (TPSA) is 117 Å². The highest BCUT2D eigenvalue weighted by molar-refractivity contribution is 6.06. The summed E-state index contributed by atoms with van der Waals surface area (Å²) < 4.78 is 7.31. The predicted octanol–water partition coefficient (Wildman–Crippen LogP) is 7.11. The van der Waals surface area contributed by atoms with E-state index in [1.54, 1.807) is 0 Å². The van der Waals surface area contributed by atoms with Gasteiger partial charge in [0.25, 0.3) is 5.91 Å². The molecule has 3 aromatic heterocycles. The number of anilines is 1. The van der Waals surface area contributed by atoms with Crippen LogP contribution in [0, 0.1) is 6.92 Å². The number of amides is 2. The summed E-state index contributed by atoms with van der Waals surface area (Å²) in [6.45, 7) is 10.3. The quantitative estimate of drug-likeness (QED) is 0.149. The number of benzene rings is 1. The molecule has 0 radical (unpaired) electrons. The molecule has 4 heterocycles. The molecule has 1 aromatic carbocycles. The number of fused-ring (bicyclic) bond motifs is 2. The number of H-pyrrole nitrogens is 1. The molecule has 0 bridgehead atoms. The van der Waals surface area contributed by atoms with Crippen LogP contribution in [0.2, 0.25) is 0 Å². The van der Waals surface area contributed by atoms with E-state index in [-0.39, 0.29) is 12.0 Å². The monoisotopic (exact) mass is 601 g/mol. The minimum absolute atomic E-state index is 0.199. The van der Waals surface area contributed by atoms with Crippen molar-refractivity contribution in [2.75, 3.05) is 25.5 Å². The minimum atomic E-state index is -0.465. The molecular formula is C34H47N7O3. The first-order valence-corrected chi connectivity index (χ1v) is 16.0. The number of rotatable bonds is 12. The predicted molar refractivity (Wildman–Crippen MR) is 175 cm³/mol. The molecule has 1 aliphatic rings. The first kappa shape index (κ1) is 31.5. The molecule has 4 aromatic rings. The van der Waals surface area contributed by atoms with Crippen molar-refractivity contribution < 1.29 is 14.3 Å². The van der Waals surface area contributed by atoms with E-state index in [0.29, 0.717) is 24.0 Å². The third-order valence-electron chi connectivity index (χ3n) is 8.38. The maximum atomic E-state index is 13.1. The zero-order chi connectivity index (χ0) is 31.3. The molecule has 10 nitrogen and oxygen atoms in total. The molecule has 0 spiro atoms. The van der Waals surface area contributed by atoms with Crippen LogP contribution in [0.15, 0.2) is 36.5 Å². The molecule has 1 atom stereocenters. The zero-order valence-corrected chi connectivity index (χ0v) is 26.8. The second kappa shape index (κ2) is 13.8. The molecule has 5 rings (SSSR count). The number of unbranched alkanes of at least 4 members (excludes halogenated alkanes) is 5. The van der Waals surface area contributed by atoms with Crippen molar-refractivity contribution in [3.8, 4) is 0 Å². The van der Waals surface area contributed by atoms with Crippen molar-refractivity contribution in [1.29, 1.82) is 0 Å². The van der Waals surface area contributed by atoms with Gasteiger partial charge >= 0.3 is 6.09 Å². The summed E-state index contributed by atoms with van der Waals surface area (Å²) >= 11 is 0. The maximum Gasteiger partial charge on any atom is 0.407 e. The third-order valence-corrected chi connectivity index (χ3v) is 8.38. The first-order chi connectivity index (χ1) is 21.1. The molecule has 236 valence electrons. The Bertz CT molecular complexity index is 1600. The second-order valence-corrected chi connectivity index (χ2v) is 13.1. The lowest BCUT2D eigenvalue weighted by atomic mass is 10.1. The van der Waals surface area contributed by atoms with Crippen LogP contribution in [0.4, 0.5) is 10.6 Å². The van der Waals surface area contributed by atoms with Gasteiger partial charge < -0.3 is 20.4 Å². The Morgan fingerprint density at radius 3 is 2.59 bits per heavy atom. The van der Waals surface area contributed by atoms with E-state index in [0.717, 1.165) is 85.5 Å². The minimum Gasteiger partial charge on any atom is -0.444 e. The molecular weight excluding hydrogens is 554 g/mol. The fraction of sp³-hybridized carbons (Fsp3) is 0.529. The Balaban J connectivity index is 1.08. The summed E-state index contributed by atoms with van der Waals surface area (Å²) in [5.74, 6) is 0.325. The normalized spacial score (nSPS) is 15.7. The lowest BCUT2D eigenvalue weighted by molar-refractivity contribution is 0.0526. The van der Waals surface area contributed by atoms with E-state index >= 15 is 0 Å². The summed E-state index contributed by atoms with van der Waals surface area (Å²) in [4.78, 5) is 35.2. The van der Waals surface area contributed by atoms with E-state index < -0.39 is 5.60 Å². The van der Waals surface area contributed by atoms with Crippen LogP contribution < -0.4 is 10.6 Å². The SMILES string of the molecule is Cc1c2ccc(C(=O)Nc3cc4[nH]c([C@H]5CCCN5C)cc4cn3)cc2nn1CCCCCCCCNC(=O)OC(C)(C)C. The van der Waals surface area contributed by atoms with Gasteiger partial charge in [0.05, 0.1) is 11.0 Å². The van der Waals surface area contributed by atoms with E-state index in [9.17, 15) is 9.59 Å². The van der Waals surface area contributed by atoms with Gasteiger partial charge in [-0.15, -0.1) is 0 Å². The van der Waals surface area contributed by atoms with Crippen LogP contribution in [0.5, 0.6) is 0 Å². The number of pyridine rings is 1. The van der Waals surface area contributed by atoms with E-state index in [1.807, 2.05) is 51.2 Å². The fourth-order valence-corrected chi connectivity index (χ4v) is 6.01. The number of hydrogen-bond acceptors (Lipinski definition) is 6. The number of aromatic nitrogens is 4. The molecule has 0 saturated carbocycles. The Morgan fingerprint density at radius 2 is 1.84 bits per heavy atom. The van der Waals surface area contributed by atoms with E-state index in [1.165, 1.54) is 12.1 Å².